The van der Waals surface area contributed by atoms with E-state index < -0.39 is 0 Å². The van der Waals surface area contributed by atoms with E-state index in [4.69, 9.17) is 0 Å². The fourth-order valence-corrected chi connectivity index (χ4v) is 6.17. The third kappa shape index (κ3) is 4.60. The number of nitrogens with zero attached hydrogens (tertiary/aromatic N) is 3. The van der Waals surface area contributed by atoms with Crippen molar-refractivity contribution in [1.29, 1.82) is 0 Å². The van der Waals surface area contributed by atoms with Crippen molar-refractivity contribution < 1.29 is 4.39 Å². The lowest BCUT2D eigenvalue weighted by Gasteiger charge is -2.21. The number of hydrogen-bond acceptors (Lipinski definition) is 3. The second kappa shape index (κ2) is 9.77. The molecule has 2 N–H and O–H groups in total. The molecular weight excluding hydrogens is 485 g/mol. The average molecular weight is 516 g/mol. The van der Waals surface area contributed by atoms with Crippen LogP contribution in [0.1, 0.15) is 43.2 Å². The van der Waals surface area contributed by atoms with Crippen LogP contribution < -0.4 is 0 Å². The van der Waals surface area contributed by atoms with E-state index >= 15 is 0 Å². The zero-order valence-electron chi connectivity index (χ0n) is 22.0. The molecule has 0 saturated heterocycles. The Bertz CT molecular complexity index is 1790. The molecule has 0 unspecified atom stereocenters. The zero-order valence-corrected chi connectivity index (χ0v) is 22.0. The van der Waals surface area contributed by atoms with Crippen molar-refractivity contribution in [2.75, 3.05) is 0 Å². The van der Waals surface area contributed by atoms with Crippen LogP contribution in [0.3, 0.4) is 0 Å². The minimum atomic E-state index is -0.261. The third-order valence-electron chi connectivity index (χ3n) is 8.06. The highest BCUT2D eigenvalue weighted by atomic mass is 19.1. The van der Waals surface area contributed by atoms with Gasteiger partial charge in [0.15, 0.2) is 0 Å². The second-order valence-electron chi connectivity index (χ2n) is 10.9. The molecule has 6 aromatic rings. The molecule has 0 spiro atoms. The van der Waals surface area contributed by atoms with Crippen molar-refractivity contribution >= 4 is 21.8 Å². The first-order valence-corrected chi connectivity index (χ1v) is 13.8. The van der Waals surface area contributed by atoms with Crippen LogP contribution in [0, 0.1) is 18.7 Å². The lowest BCUT2D eigenvalue weighted by molar-refractivity contribution is 0.356. The lowest BCUT2D eigenvalue weighted by atomic mass is 9.85. The Balaban J connectivity index is 1.26. The number of benzene rings is 2. The van der Waals surface area contributed by atoms with Gasteiger partial charge in [-0.15, -0.1) is 0 Å². The normalized spacial score (nSPS) is 14.4. The van der Waals surface area contributed by atoms with Crippen molar-refractivity contribution in [3.8, 4) is 33.8 Å². The summed E-state index contributed by atoms with van der Waals surface area (Å²) in [6.45, 7) is 1.89. The van der Waals surface area contributed by atoms with Gasteiger partial charge in [0.25, 0.3) is 0 Å². The number of nitrogens with one attached hydrogen (secondary N) is 2. The number of rotatable bonds is 5. The average Bonchev–Trinajstić information content (AvgIpc) is 3.57. The minimum absolute atomic E-state index is 0.261. The van der Waals surface area contributed by atoms with E-state index in [1.165, 1.54) is 49.8 Å². The van der Waals surface area contributed by atoms with E-state index in [-0.39, 0.29) is 5.82 Å². The Morgan fingerprint density at radius 2 is 1.69 bits per heavy atom. The number of fused-ring (bicyclic) bond motifs is 2. The number of aromatic amines is 2. The fraction of sp³-hybridized carbons (Fsp3) is 0.242. The molecule has 2 aromatic carbocycles. The summed E-state index contributed by atoms with van der Waals surface area (Å²) in [6.07, 6.45) is 13.6. The van der Waals surface area contributed by atoms with Crippen molar-refractivity contribution in [3.63, 3.8) is 0 Å². The quantitative estimate of drug-likeness (QED) is 0.242. The maximum Gasteiger partial charge on any atom is 0.124 e. The maximum atomic E-state index is 14.2. The molecule has 4 heterocycles. The van der Waals surface area contributed by atoms with E-state index in [0.717, 1.165) is 73.5 Å². The predicted octanol–water partition coefficient (Wildman–Crippen LogP) is 8.41. The van der Waals surface area contributed by atoms with Gasteiger partial charge >= 0.3 is 0 Å². The van der Waals surface area contributed by atoms with Gasteiger partial charge < -0.3 is 4.98 Å². The topological polar surface area (TPSA) is 70.2 Å². The second-order valence-corrected chi connectivity index (χ2v) is 10.9. The summed E-state index contributed by atoms with van der Waals surface area (Å²) in [7, 11) is 0. The first-order valence-electron chi connectivity index (χ1n) is 13.8. The molecule has 4 aromatic heterocycles. The standard InChI is InChI=1S/C33H30FN5/c1-20-11-24(15-26(34)12-20)32-28-17-31(37-29(28)9-10-36-32)33-27-16-23(7-8-30(27)38-39-33)25-14-22(18-35-19-25)13-21-5-3-2-4-6-21/h7-12,14-19,21,37H,2-6,13H2,1H3,(H,38,39). The van der Waals surface area contributed by atoms with E-state index in [0.29, 0.717) is 0 Å². The smallest absolute Gasteiger partial charge is 0.124 e. The van der Waals surface area contributed by atoms with Crippen LogP contribution in [0.4, 0.5) is 4.39 Å². The van der Waals surface area contributed by atoms with Crippen LogP contribution in [-0.4, -0.2) is 25.1 Å². The van der Waals surface area contributed by atoms with E-state index in [2.05, 4.69) is 55.5 Å². The minimum Gasteiger partial charge on any atom is -0.353 e. The first-order chi connectivity index (χ1) is 19.1. The molecule has 0 bridgehead atoms. The summed E-state index contributed by atoms with van der Waals surface area (Å²) in [5.74, 6) is 0.513. The van der Waals surface area contributed by atoms with Crippen LogP contribution in [0.2, 0.25) is 0 Å². The Morgan fingerprint density at radius 3 is 2.56 bits per heavy atom. The predicted molar refractivity (Wildman–Crippen MR) is 155 cm³/mol. The maximum absolute atomic E-state index is 14.2. The van der Waals surface area contributed by atoms with Gasteiger partial charge in [0, 0.05) is 46.0 Å². The summed E-state index contributed by atoms with van der Waals surface area (Å²) < 4.78 is 14.2. The Kier molecular flexibility index (Phi) is 5.95. The molecule has 0 atom stereocenters. The summed E-state index contributed by atoms with van der Waals surface area (Å²) >= 11 is 0. The molecule has 6 heteroatoms. The van der Waals surface area contributed by atoms with Gasteiger partial charge in [0.05, 0.1) is 16.9 Å². The van der Waals surface area contributed by atoms with Crippen molar-refractivity contribution in [2.24, 2.45) is 5.92 Å². The summed E-state index contributed by atoms with van der Waals surface area (Å²) in [5, 5.41) is 9.82. The monoisotopic (exact) mass is 515 g/mol. The van der Waals surface area contributed by atoms with Crippen LogP contribution in [0.5, 0.6) is 0 Å². The number of aromatic nitrogens is 5. The van der Waals surface area contributed by atoms with E-state index in [1.807, 2.05) is 31.5 Å². The molecule has 0 aliphatic heterocycles. The highest BCUT2D eigenvalue weighted by molar-refractivity contribution is 6.00. The van der Waals surface area contributed by atoms with Gasteiger partial charge in [-0.2, -0.15) is 5.10 Å². The zero-order chi connectivity index (χ0) is 26.3. The van der Waals surface area contributed by atoms with E-state index in [1.54, 1.807) is 6.20 Å². The van der Waals surface area contributed by atoms with Gasteiger partial charge in [0.1, 0.15) is 11.5 Å². The molecule has 1 fully saturated rings. The highest BCUT2D eigenvalue weighted by Crippen LogP contribution is 2.35. The Labute approximate surface area is 226 Å². The van der Waals surface area contributed by atoms with Crippen LogP contribution in [-0.2, 0) is 6.42 Å². The number of aryl methyl sites for hydroxylation is 1. The summed E-state index contributed by atoms with van der Waals surface area (Å²) in [4.78, 5) is 12.7. The number of hydrogen-bond donors (Lipinski definition) is 2. The Morgan fingerprint density at radius 1 is 0.821 bits per heavy atom. The molecule has 0 amide bonds. The van der Waals surface area contributed by atoms with Gasteiger partial charge in [0.2, 0.25) is 0 Å². The largest absolute Gasteiger partial charge is 0.353 e. The van der Waals surface area contributed by atoms with Gasteiger partial charge in [-0.3, -0.25) is 15.1 Å². The van der Waals surface area contributed by atoms with E-state index in [9.17, 15) is 4.39 Å². The van der Waals surface area contributed by atoms with Crippen molar-refractivity contribution in [1.82, 2.24) is 25.1 Å². The Hall–Kier alpha value is -4.32. The summed E-state index contributed by atoms with van der Waals surface area (Å²) in [6, 6.07) is 17.7. The molecule has 1 saturated carbocycles. The van der Waals surface area contributed by atoms with Gasteiger partial charge in [-0.25, -0.2) is 4.39 Å². The highest BCUT2D eigenvalue weighted by Gasteiger charge is 2.17. The van der Waals surface area contributed by atoms with Gasteiger partial charge in [-0.05, 0) is 84.5 Å². The molecule has 194 valence electrons. The van der Waals surface area contributed by atoms with Crippen molar-refractivity contribution in [3.05, 3.63) is 90.1 Å². The fourth-order valence-electron chi connectivity index (χ4n) is 6.17. The molecule has 7 rings (SSSR count). The molecule has 1 aliphatic rings. The SMILES string of the molecule is Cc1cc(F)cc(-c2nccc3[nH]c(-c4n[nH]c5ccc(-c6cncc(CC7CCCCC7)c6)cc45)cc23)c1. The number of pyridine rings is 2. The van der Waals surface area contributed by atoms with Gasteiger partial charge in [-0.1, -0.05) is 38.2 Å². The molecule has 5 nitrogen and oxygen atoms in total. The first kappa shape index (κ1) is 23.8. The lowest BCUT2D eigenvalue weighted by Crippen LogP contribution is -2.09. The van der Waals surface area contributed by atoms with Crippen LogP contribution in [0.25, 0.3) is 55.6 Å². The van der Waals surface area contributed by atoms with Crippen LogP contribution in [0.15, 0.2) is 73.2 Å². The number of halogens is 1. The molecule has 0 radical (unpaired) electrons. The summed E-state index contributed by atoms with van der Waals surface area (Å²) in [5.41, 5.74) is 9.58. The van der Waals surface area contributed by atoms with Crippen molar-refractivity contribution in [2.45, 2.75) is 45.4 Å². The number of H-pyrrole nitrogens is 2. The molecule has 39 heavy (non-hydrogen) atoms. The third-order valence-corrected chi connectivity index (χ3v) is 8.06. The van der Waals surface area contributed by atoms with Crippen LogP contribution >= 0.6 is 0 Å². The molecular formula is C33H30FN5. The molecule has 1 aliphatic carbocycles.